The molecule has 0 amide bonds. The van der Waals surface area contributed by atoms with Crippen molar-refractivity contribution in [1.29, 1.82) is 0 Å². The lowest BCUT2D eigenvalue weighted by Crippen LogP contribution is -2.56. The molecule has 8 heteroatoms. The number of alkyl halides is 6. The van der Waals surface area contributed by atoms with Gasteiger partial charge in [0.2, 0.25) is 0 Å². The molecule has 1 unspecified atom stereocenters. The van der Waals surface area contributed by atoms with E-state index in [-0.39, 0.29) is 5.92 Å². The van der Waals surface area contributed by atoms with Crippen LogP contribution in [0.5, 0.6) is 0 Å². The Kier molecular flexibility index (Phi) is 6.09. The van der Waals surface area contributed by atoms with E-state index in [2.05, 4.69) is 9.47 Å². The van der Waals surface area contributed by atoms with Crippen LogP contribution in [0.15, 0.2) is 24.3 Å². The van der Waals surface area contributed by atoms with Gasteiger partial charge in [-0.3, -0.25) is 0 Å². The minimum absolute atomic E-state index is 0.0233. The molecule has 23 heavy (non-hydrogen) atoms. The van der Waals surface area contributed by atoms with Gasteiger partial charge in [-0.25, -0.2) is 0 Å². The number of hydrogen-bond acceptors (Lipinski definition) is 2. The predicted octanol–water partition coefficient (Wildman–Crippen LogP) is 5.14. The number of benzene rings is 1. The van der Waals surface area contributed by atoms with Crippen LogP contribution in [0.4, 0.5) is 26.3 Å². The number of rotatable bonds is 6. The lowest BCUT2D eigenvalue weighted by atomic mass is 9.89. The first-order valence-corrected chi connectivity index (χ1v) is 6.88. The van der Waals surface area contributed by atoms with Gasteiger partial charge in [0.15, 0.2) is 0 Å². The topological polar surface area (TPSA) is 18.5 Å². The molecule has 1 rings (SSSR count). The highest BCUT2D eigenvalue weighted by Gasteiger charge is 2.73. The van der Waals surface area contributed by atoms with Gasteiger partial charge in [-0.1, -0.05) is 38.1 Å². The lowest BCUT2D eigenvalue weighted by molar-refractivity contribution is -0.400. The molecule has 0 N–H and O–H groups in total. The molecule has 1 atom stereocenters. The molecule has 1 aromatic rings. The van der Waals surface area contributed by atoms with Crippen LogP contribution >= 0.6 is 0 Å². The van der Waals surface area contributed by atoms with Crippen molar-refractivity contribution in [3.8, 4) is 0 Å². The van der Waals surface area contributed by atoms with E-state index >= 15 is 0 Å². The van der Waals surface area contributed by atoms with Gasteiger partial charge >= 0.3 is 12.4 Å². The van der Waals surface area contributed by atoms with E-state index in [0.717, 1.165) is 19.2 Å². The molecule has 0 aliphatic heterocycles. The summed E-state index contributed by atoms with van der Waals surface area (Å²) in [6, 6.07) is 4.12. The second-order valence-electron chi connectivity index (χ2n) is 5.16. The molecule has 0 radical (unpaired) electrons. The highest BCUT2D eigenvalue weighted by Crippen LogP contribution is 2.53. The Hall–Kier alpha value is -1.28. The third-order valence-corrected chi connectivity index (χ3v) is 3.69. The van der Waals surface area contributed by atoms with Gasteiger partial charge < -0.3 is 9.47 Å². The maximum Gasteiger partial charge on any atom is 0.430 e. The van der Waals surface area contributed by atoms with Crippen molar-refractivity contribution in [2.24, 2.45) is 0 Å². The molecule has 0 spiro atoms. The average molecular weight is 344 g/mol. The molecule has 0 aromatic heterocycles. The molecule has 0 fully saturated rings. The predicted molar refractivity (Wildman–Crippen MR) is 71.9 cm³/mol. The van der Waals surface area contributed by atoms with E-state index in [9.17, 15) is 26.3 Å². The number of halogens is 6. The van der Waals surface area contributed by atoms with E-state index in [1.165, 1.54) is 12.1 Å². The Balaban J connectivity index is 3.44. The fraction of sp³-hybridized carbons (Fsp3) is 0.600. The Labute approximate surface area is 130 Å². The highest BCUT2D eigenvalue weighted by molar-refractivity contribution is 5.32. The van der Waals surface area contributed by atoms with E-state index < -0.39 is 30.3 Å². The zero-order chi connectivity index (χ0) is 17.9. The Bertz CT molecular complexity index is 478. The zero-order valence-electron chi connectivity index (χ0n) is 12.9. The zero-order valence-corrected chi connectivity index (χ0v) is 12.9. The Morgan fingerprint density at radius 2 is 1.43 bits per heavy atom. The minimum Gasteiger partial charge on any atom is -0.359 e. The Morgan fingerprint density at radius 3 is 1.78 bits per heavy atom. The van der Waals surface area contributed by atoms with Gasteiger partial charge in [-0.05, 0) is 17.9 Å². The molecular weight excluding hydrogens is 326 g/mol. The van der Waals surface area contributed by atoms with Crippen molar-refractivity contribution in [2.75, 3.05) is 13.9 Å². The summed E-state index contributed by atoms with van der Waals surface area (Å²) in [5, 5.41) is 0. The van der Waals surface area contributed by atoms with Gasteiger partial charge in [0, 0.05) is 12.7 Å². The van der Waals surface area contributed by atoms with E-state index in [1.54, 1.807) is 0 Å². The largest absolute Gasteiger partial charge is 0.430 e. The fourth-order valence-electron chi connectivity index (χ4n) is 2.16. The van der Waals surface area contributed by atoms with Gasteiger partial charge in [-0.2, -0.15) is 26.3 Å². The minimum atomic E-state index is -5.69. The second-order valence-corrected chi connectivity index (χ2v) is 5.16. The van der Waals surface area contributed by atoms with Crippen molar-refractivity contribution < 1.29 is 35.8 Å². The van der Waals surface area contributed by atoms with E-state index in [0.29, 0.717) is 12.0 Å². The van der Waals surface area contributed by atoms with E-state index in [1.807, 2.05) is 13.8 Å². The lowest BCUT2D eigenvalue weighted by Gasteiger charge is -2.37. The summed E-state index contributed by atoms with van der Waals surface area (Å²) in [4.78, 5) is 0. The fourth-order valence-corrected chi connectivity index (χ4v) is 2.16. The first-order valence-electron chi connectivity index (χ1n) is 6.88. The van der Waals surface area contributed by atoms with Crippen molar-refractivity contribution >= 4 is 0 Å². The van der Waals surface area contributed by atoms with Crippen LogP contribution in [-0.2, 0) is 15.1 Å². The summed E-state index contributed by atoms with van der Waals surface area (Å²) in [5.74, 6) is 0.0233. The second kappa shape index (κ2) is 7.09. The maximum absolute atomic E-state index is 13.3. The highest BCUT2D eigenvalue weighted by atomic mass is 19.4. The Morgan fingerprint density at radius 1 is 0.957 bits per heavy atom. The van der Waals surface area contributed by atoms with Crippen LogP contribution in [0.1, 0.15) is 37.3 Å². The molecule has 0 heterocycles. The molecule has 132 valence electrons. The third-order valence-electron chi connectivity index (χ3n) is 3.69. The van der Waals surface area contributed by atoms with Crippen molar-refractivity contribution in [2.45, 2.75) is 44.1 Å². The van der Waals surface area contributed by atoms with Crippen LogP contribution in [-0.4, -0.2) is 26.3 Å². The van der Waals surface area contributed by atoms with Gasteiger partial charge in [0.1, 0.15) is 6.79 Å². The monoisotopic (exact) mass is 344 g/mol. The molecule has 0 aliphatic carbocycles. The first-order chi connectivity index (χ1) is 10.5. The van der Waals surface area contributed by atoms with Crippen LogP contribution in [0.25, 0.3) is 0 Å². The molecule has 0 aliphatic rings. The first kappa shape index (κ1) is 19.8. The number of ether oxygens (including phenoxy) is 2. The average Bonchev–Trinajstić information content (AvgIpc) is 2.45. The maximum atomic E-state index is 13.3. The summed E-state index contributed by atoms with van der Waals surface area (Å²) in [6.07, 6.45) is -10.7. The van der Waals surface area contributed by atoms with Crippen molar-refractivity contribution in [1.82, 2.24) is 0 Å². The van der Waals surface area contributed by atoms with Crippen LogP contribution in [0, 0.1) is 0 Å². The summed E-state index contributed by atoms with van der Waals surface area (Å²) in [6.45, 7) is 2.55. The SMILES string of the molecule is CCC(C)c1ccc(C(OCOC)(C(F)(F)F)C(F)(F)F)cc1. The number of hydrogen-bond donors (Lipinski definition) is 0. The molecule has 0 saturated carbocycles. The molecule has 0 bridgehead atoms. The molecule has 0 saturated heterocycles. The smallest absolute Gasteiger partial charge is 0.359 e. The molecule has 1 aromatic carbocycles. The van der Waals surface area contributed by atoms with Crippen molar-refractivity contribution in [3.05, 3.63) is 35.4 Å². The van der Waals surface area contributed by atoms with Crippen LogP contribution < -0.4 is 0 Å². The third kappa shape index (κ3) is 3.80. The van der Waals surface area contributed by atoms with Crippen molar-refractivity contribution in [3.63, 3.8) is 0 Å². The van der Waals surface area contributed by atoms with E-state index in [4.69, 9.17) is 0 Å². The van der Waals surface area contributed by atoms with Crippen LogP contribution in [0.2, 0.25) is 0 Å². The van der Waals surface area contributed by atoms with Crippen LogP contribution in [0.3, 0.4) is 0 Å². The number of methoxy groups -OCH3 is 1. The summed E-state index contributed by atoms with van der Waals surface area (Å²) < 4.78 is 88.2. The molecular formula is C15H18F6O2. The molecule has 2 nitrogen and oxygen atoms in total. The summed E-state index contributed by atoms with van der Waals surface area (Å²) >= 11 is 0. The summed E-state index contributed by atoms with van der Waals surface area (Å²) in [5.41, 5.74) is -4.80. The quantitative estimate of drug-likeness (QED) is 0.525. The van der Waals surface area contributed by atoms with Gasteiger partial charge in [0.25, 0.3) is 5.60 Å². The summed E-state index contributed by atoms with van der Waals surface area (Å²) in [7, 11) is 0.948. The standard InChI is InChI=1S/C15H18F6O2/c1-4-10(2)11-5-7-12(8-6-11)13(14(16,17)18,15(19,20)21)23-9-22-3/h5-8,10H,4,9H2,1-3H3. The van der Waals surface area contributed by atoms with Gasteiger partial charge in [-0.15, -0.1) is 0 Å². The normalized spacial score (nSPS) is 14.8. The van der Waals surface area contributed by atoms with Gasteiger partial charge in [0.05, 0.1) is 0 Å².